The second-order valence-electron chi connectivity index (χ2n) is 6.04. The van der Waals surface area contributed by atoms with E-state index in [0.29, 0.717) is 11.5 Å². The Kier molecular flexibility index (Phi) is 13.9. The summed E-state index contributed by atoms with van der Waals surface area (Å²) in [6.07, 6.45) is 15.5. The van der Waals surface area contributed by atoms with Crippen molar-refractivity contribution in [3.05, 3.63) is 0 Å². The Morgan fingerprint density at radius 2 is 0.800 bits per heavy atom. The molecule has 0 bridgehead atoms. The van der Waals surface area contributed by atoms with E-state index < -0.39 is 9.84 Å². The maximum Gasteiger partial charge on any atom is 0.150 e. The molecule has 0 spiro atoms. The van der Waals surface area contributed by atoms with Crippen LogP contribution >= 0.6 is 0 Å². The van der Waals surface area contributed by atoms with E-state index in [2.05, 4.69) is 13.8 Å². The molecule has 3 heteroatoms. The molecule has 0 rings (SSSR count). The van der Waals surface area contributed by atoms with Crippen LogP contribution in [0, 0.1) is 0 Å². The molecule has 0 aromatic rings. The van der Waals surface area contributed by atoms with Gasteiger partial charge < -0.3 is 0 Å². The quantitative estimate of drug-likeness (QED) is 0.374. The summed E-state index contributed by atoms with van der Waals surface area (Å²) in [5.74, 6) is 0.811. The van der Waals surface area contributed by atoms with Crippen LogP contribution in [0.4, 0.5) is 0 Å². The first-order chi connectivity index (χ1) is 9.62. The molecule has 0 unspecified atom stereocenters. The van der Waals surface area contributed by atoms with Gasteiger partial charge in [-0.15, -0.1) is 0 Å². The summed E-state index contributed by atoms with van der Waals surface area (Å²) in [7, 11) is -2.76. The summed E-state index contributed by atoms with van der Waals surface area (Å²) in [6, 6.07) is 0. The lowest BCUT2D eigenvalue weighted by molar-refractivity contribution is 0.557. The van der Waals surface area contributed by atoms with E-state index in [4.69, 9.17) is 0 Å². The Bertz CT molecular complexity index is 283. The zero-order valence-corrected chi connectivity index (χ0v) is 14.6. The van der Waals surface area contributed by atoms with Gasteiger partial charge in [0.2, 0.25) is 0 Å². The maximum absolute atomic E-state index is 11.7. The van der Waals surface area contributed by atoms with Crippen LogP contribution in [0.3, 0.4) is 0 Å². The average molecular weight is 305 g/mol. The van der Waals surface area contributed by atoms with Crippen LogP contribution in [0.15, 0.2) is 0 Å². The predicted molar refractivity (Wildman–Crippen MR) is 90.0 cm³/mol. The van der Waals surface area contributed by atoms with Gasteiger partial charge >= 0.3 is 0 Å². The van der Waals surface area contributed by atoms with Gasteiger partial charge in [0.05, 0.1) is 11.5 Å². The van der Waals surface area contributed by atoms with Crippen LogP contribution in [0.1, 0.15) is 97.3 Å². The van der Waals surface area contributed by atoms with Crippen LogP contribution in [0.25, 0.3) is 0 Å². The SMILES string of the molecule is CCCCCCCCCCCCS(=O)(=O)CCCCC. The average Bonchev–Trinajstić information content (AvgIpc) is 2.41. The Hall–Kier alpha value is -0.0500. The molecule has 0 N–H and O–H groups in total. The highest BCUT2D eigenvalue weighted by molar-refractivity contribution is 7.91. The molecule has 0 heterocycles. The van der Waals surface area contributed by atoms with Crippen molar-refractivity contribution in [3.8, 4) is 0 Å². The summed E-state index contributed by atoms with van der Waals surface area (Å²) < 4.78 is 23.5. The standard InChI is InChI=1S/C17H36O2S/c1-3-5-7-8-9-10-11-12-13-15-17-20(18,19)16-14-6-4-2/h3-17H2,1-2H3. The van der Waals surface area contributed by atoms with E-state index in [1.165, 1.54) is 51.4 Å². The summed E-state index contributed by atoms with van der Waals surface area (Å²) in [5.41, 5.74) is 0. The van der Waals surface area contributed by atoms with E-state index in [-0.39, 0.29) is 0 Å². The van der Waals surface area contributed by atoms with E-state index >= 15 is 0 Å². The number of unbranched alkanes of at least 4 members (excludes halogenated alkanes) is 11. The first kappa shape index (κ1) is 19.9. The molecule has 0 amide bonds. The minimum Gasteiger partial charge on any atom is -0.229 e. The molecule has 20 heavy (non-hydrogen) atoms. The molecular formula is C17H36O2S. The number of hydrogen-bond donors (Lipinski definition) is 0. The van der Waals surface area contributed by atoms with Crippen LogP contribution in [-0.2, 0) is 9.84 Å². The lowest BCUT2D eigenvalue weighted by Gasteiger charge is -2.04. The van der Waals surface area contributed by atoms with Crippen LogP contribution in [0.5, 0.6) is 0 Å². The normalized spacial score (nSPS) is 11.9. The number of hydrogen-bond acceptors (Lipinski definition) is 2. The Labute approximate surface area is 127 Å². The summed E-state index contributed by atoms with van der Waals surface area (Å²) >= 11 is 0. The first-order valence-corrected chi connectivity index (χ1v) is 10.6. The molecule has 0 aliphatic carbocycles. The van der Waals surface area contributed by atoms with Crippen molar-refractivity contribution in [1.29, 1.82) is 0 Å². The lowest BCUT2D eigenvalue weighted by Crippen LogP contribution is -2.11. The fourth-order valence-electron chi connectivity index (χ4n) is 2.48. The monoisotopic (exact) mass is 304 g/mol. The largest absolute Gasteiger partial charge is 0.229 e. The highest BCUT2D eigenvalue weighted by Gasteiger charge is 2.09. The van der Waals surface area contributed by atoms with E-state index in [0.717, 1.165) is 32.1 Å². The third-order valence-corrected chi connectivity index (χ3v) is 5.69. The van der Waals surface area contributed by atoms with E-state index in [1.54, 1.807) is 0 Å². The van der Waals surface area contributed by atoms with Crippen LogP contribution in [-0.4, -0.2) is 19.9 Å². The van der Waals surface area contributed by atoms with Gasteiger partial charge in [0.25, 0.3) is 0 Å². The van der Waals surface area contributed by atoms with Gasteiger partial charge in [0.15, 0.2) is 0 Å². The minimum absolute atomic E-state index is 0.401. The van der Waals surface area contributed by atoms with Gasteiger partial charge in [-0.25, -0.2) is 8.42 Å². The zero-order chi connectivity index (χ0) is 15.1. The molecule has 0 atom stereocenters. The topological polar surface area (TPSA) is 34.1 Å². The van der Waals surface area contributed by atoms with Gasteiger partial charge in [0, 0.05) is 0 Å². The summed E-state index contributed by atoms with van der Waals surface area (Å²) in [5, 5.41) is 0. The van der Waals surface area contributed by atoms with Crippen molar-refractivity contribution in [2.45, 2.75) is 97.3 Å². The molecule has 0 aromatic carbocycles. The molecule has 0 fully saturated rings. The predicted octanol–water partition coefficient (Wildman–Crippen LogP) is 5.51. The third kappa shape index (κ3) is 14.4. The van der Waals surface area contributed by atoms with E-state index in [9.17, 15) is 8.42 Å². The van der Waals surface area contributed by atoms with Crippen LogP contribution in [0.2, 0.25) is 0 Å². The molecule has 2 nitrogen and oxygen atoms in total. The van der Waals surface area contributed by atoms with Crippen molar-refractivity contribution in [1.82, 2.24) is 0 Å². The van der Waals surface area contributed by atoms with E-state index in [1.807, 2.05) is 0 Å². The third-order valence-electron chi connectivity index (χ3n) is 3.87. The molecule has 0 aromatic heterocycles. The Morgan fingerprint density at radius 3 is 1.25 bits per heavy atom. The first-order valence-electron chi connectivity index (χ1n) is 8.82. The Balaban J connectivity index is 3.30. The van der Waals surface area contributed by atoms with Crippen molar-refractivity contribution in [2.24, 2.45) is 0 Å². The molecule has 122 valence electrons. The molecular weight excluding hydrogens is 268 g/mol. The fourth-order valence-corrected chi connectivity index (χ4v) is 3.98. The second-order valence-corrected chi connectivity index (χ2v) is 8.34. The zero-order valence-electron chi connectivity index (χ0n) is 13.8. The van der Waals surface area contributed by atoms with Crippen molar-refractivity contribution in [3.63, 3.8) is 0 Å². The smallest absolute Gasteiger partial charge is 0.150 e. The van der Waals surface area contributed by atoms with Crippen molar-refractivity contribution in [2.75, 3.05) is 11.5 Å². The summed E-state index contributed by atoms with van der Waals surface area (Å²) in [4.78, 5) is 0. The number of rotatable bonds is 15. The van der Waals surface area contributed by atoms with Gasteiger partial charge in [-0.3, -0.25) is 0 Å². The van der Waals surface area contributed by atoms with Crippen LogP contribution < -0.4 is 0 Å². The fraction of sp³-hybridized carbons (Fsp3) is 1.00. The molecule has 0 saturated carbocycles. The Morgan fingerprint density at radius 1 is 0.500 bits per heavy atom. The molecule has 0 aliphatic rings. The lowest BCUT2D eigenvalue weighted by atomic mass is 10.1. The molecule has 0 aliphatic heterocycles. The highest BCUT2D eigenvalue weighted by atomic mass is 32.2. The van der Waals surface area contributed by atoms with Crippen molar-refractivity contribution < 1.29 is 8.42 Å². The second kappa shape index (κ2) is 13.9. The maximum atomic E-state index is 11.7. The highest BCUT2D eigenvalue weighted by Crippen LogP contribution is 2.11. The summed E-state index contributed by atoms with van der Waals surface area (Å²) in [6.45, 7) is 4.35. The minimum atomic E-state index is -2.76. The van der Waals surface area contributed by atoms with Gasteiger partial charge in [0.1, 0.15) is 9.84 Å². The van der Waals surface area contributed by atoms with Gasteiger partial charge in [-0.2, -0.15) is 0 Å². The molecule has 0 radical (unpaired) electrons. The number of sulfone groups is 1. The van der Waals surface area contributed by atoms with Crippen molar-refractivity contribution >= 4 is 9.84 Å². The van der Waals surface area contributed by atoms with Gasteiger partial charge in [-0.1, -0.05) is 84.5 Å². The van der Waals surface area contributed by atoms with Gasteiger partial charge in [-0.05, 0) is 12.8 Å². The molecule has 0 saturated heterocycles.